The number of aromatic nitrogens is 1. The number of para-hydroxylation sites is 1. The van der Waals surface area contributed by atoms with Gasteiger partial charge in [0.1, 0.15) is 5.84 Å². The maximum atomic E-state index is 5.45. The SMILES string of the molecule is NNC(=Nc1ccccc1)c1ccncc1. The van der Waals surface area contributed by atoms with Gasteiger partial charge in [0.2, 0.25) is 0 Å². The predicted molar refractivity (Wildman–Crippen MR) is 64.2 cm³/mol. The molecular weight excluding hydrogens is 200 g/mol. The minimum absolute atomic E-state index is 0.619. The van der Waals surface area contributed by atoms with E-state index in [0.717, 1.165) is 11.3 Å². The van der Waals surface area contributed by atoms with Crippen LogP contribution in [-0.2, 0) is 0 Å². The van der Waals surface area contributed by atoms with E-state index in [0.29, 0.717) is 5.84 Å². The van der Waals surface area contributed by atoms with Gasteiger partial charge < -0.3 is 5.43 Å². The quantitative estimate of drug-likeness (QED) is 0.344. The third-order valence-electron chi connectivity index (χ3n) is 2.09. The molecule has 16 heavy (non-hydrogen) atoms. The van der Waals surface area contributed by atoms with Crippen LogP contribution in [-0.4, -0.2) is 10.8 Å². The standard InChI is InChI=1S/C12H12N4/c13-16-12(10-6-8-14-9-7-10)15-11-4-2-1-3-5-11/h1-9H,13H2,(H,15,16). The summed E-state index contributed by atoms with van der Waals surface area (Å²) >= 11 is 0. The minimum Gasteiger partial charge on any atom is -0.308 e. The molecule has 1 aromatic carbocycles. The maximum Gasteiger partial charge on any atom is 0.148 e. The van der Waals surface area contributed by atoms with Crippen molar-refractivity contribution in [1.82, 2.24) is 10.4 Å². The average molecular weight is 212 g/mol. The number of aliphatic imine (C=N–C) groups is 1. The average Bonchev–Trinajstić information content (AvgIpc) is 2.38. The van der Waals surface area contributed by atoms with Gasteiger partial charge in [-0.3, -0.25) is 4.98 Å². The highest BCUT2D eigenvalue weighted by atomic mass is 15.2. The predicted octanol–water partition coefficient (Wildman–Crippen LogP) is 1.62. The third kappa shape index (κ3) is 2.43. The Labute approximate surface area is 93.8 Å². The molecule has 3 N–H and O–H groups in total. The Bertz CT molecular complexity index is 465. The zero-order valence-electron chi connectivity index (χ0n) is 8.67. The van der Waals surface area contributed by atoms with E-state index in [1.807, 2.05) is 42.5 Å². The summed E-state index contributed by atoms with van der Waals surface area (Å²) in [4.78, 5) is 8.35. The fourth-order valence-electron chi connectivity index (χ4n) is 1.32. The molecule has 0 bridgehead atoms. The Balaban J connectivity index is 2.34. The third-order valence-corrected chi connectivity index (χ3v) is 2.09. The number of hydrogen-bond donors (Lipinski definition) is 2. The molecule has 0 aliphatic rings. The normalized spacial score (nSPS) is 11.2. The first-order valence-corrected chi connectivity index (χ1v) is 4.91. The molecule has 4 nitrogen and oxygen atoms in total. The lowest BCUT2D eigenvalue weighted by molar-refractivity contribution is 1.02. The van der Waals surface area contributed by atoms with Crippen LogP contribution in [0.3, 0.4) is 0 Å². The summed E-state index contributed by atoms with van der Waals surface area (Å²) < 4.78 is 0. The van der Waals surface area contributed by atoms with Crippen molar-refractivity contribution >= 4 is 11.5 Å². The lowest BCUT2D eigenvalue weighted by Gasteiger charge is -2.04. The highest BCUT2D eigenvalue weighted by molar-refractivity contribution is 5.99. The first kappa shape index (κ1) is 10.3. The van der Waals surface area contributed by atoms with Crippen LogP contribution in [0.5, 0.6) is 0 Å². The Kier molecular flexibility index (Phi) is 3.25. The van der Waals surface area contributed by atoms with Gasteiger partial charge in [-0.1, -0.05) is 18.2 Å². The molecule has 0 spiro atoms. The fourth-order valence-corrected chi connectivity index (χ4v) is 1.32. The van der Waals surface area contributed by atoms with Gasteiger partial charge in [-0.2, -0.15) is 0 Å². The van der Waals surface area contributed by atoms with E-state index in [4.69, 9.17) is 5.84 Å². The number of rotatable bonds is 2. The first-order chi connectivity index (χ1) is 7.90. The van der Waals surface area contributed by atoms with Crippen LogP contribution in [0.2, 0.25) is 0 Å². The summed E-state index contributed by atoms with van der Waals surface area (Å²) in [7, 11) is 0. The second-order valence-corrected chi connectivity index (χ2v) is 3.18. The number of nitrogens with one attached hydrogen (secondary N) is 1. The van der Waals surface area contributed by atoms with Gasteiger partial charge in [-0.15, -0.1) is 0 Å². The fraction of sp³-hybridized carbons (Fsp3) is 0. The Morgan fingerprint density at radius 2 is 1.75 bits per heavy atom. The number of nitrogens with two attached hydrogens (primary N) is 1. The van der Waals surface area contributed by atoms with E-state index in [2.05, 4.69) is 15.4 Å². The van der Waals surface area contributed by atoms with Crippen molar-refractivity contribution in [2.24, 2.45) is 10.8 Å². The lowest BCUT2D eigenvalue weighted by atomic mass is 10.2. The van der Waals surface area contributed by atoms with Crippen LogP contribution in [0, 0.1) is 0 Å². The van der Waals surface area contributed by atoms with Crippen molar-refractivity contribution in [2.75, 3.05) is 0 Å². The molecule has 0 fully saturated rings. The van der Waals surface area contributed by atoms with Crippen LogP contribution in [0.4, 0.5) is 5.69 Å². The molecule has 1 aromatic heterocycles. The molecular formula is C12H12N4. The molecule has 0 unspecified atom stereocenters. The molecule has 0 amide bonds. The largest absolute Gasteiger partial charge is 0.308 e. The number of nitrogens with zero attached hydrogens (tertiary/aromatic N) is 2. The first-order valence-electron chi connectivity index (χ1n) is 4.91. The molecule has 80 valence electrons. The van der Waals surface area contributed by atoms with Gasteiger partial charge in [0.15, 0.2) is 0 Å². The van der Waals surface area contributed by atoms with Gasteiger partial charge in [0.25, 0.3) is 0 Å². The highest BCUT2D eigenvalue weighted by Crippen LogP contribution is 2.11. The minimum atomic E-state index is 0.619. The molecule has 0 radical (unpaired) electrons. The Hall–Kier alpha value is -2.20. The number of hydrogen-bond acceptors (Lipinski definition) is 3. The summed E-state index contributed by atoms with van der Waals surface area (Å²) in [6.07, 6.45) is 3.40. The van der Waals surface area contributed by atoms with Gasteiger partial charge in [0, 0.05) is 18.0 Å². The molecule has 1 heterocycles. The highest BCUT2D eigenvalue weighted by Gasteiger charge is 2.00. The molecule has 2 rings (SSSR count). The van der Waals surface area contributed by atoms with E-state index in [9.17, 15) is 0 Å². The monoisotopic (exact) mass is 212 g/mol. The van der Waals surface area contributed by atoms with E-state index < -0.39 is 0 Å². The van der Waals surface area contributed by atoms with Crippen molar-refractivity contribution in [3.63, 3.8) is 0 Å². The number of benzene rings is 1. The maximum absolute atomic E-state index is 5.45. The van der Waals surface area contributed by atoms with Crippen LogP contribution in [0.25, 0.3) is 0 Å². The molecule has 4 heteroatoms. The van der Waals surface area contributed by atoms with Gasteiger partial charge in [0.05, 0.1) is 5.69 Å². The second kappa shape index (κ2) is 5.04. The van der Waals surface area contributed by atoms with E-state index >= 15 is 0 Å². The summed E-state index contributed by atoms with van der Waals surface area (Å²) in [6.45, 7) is 0. The van der Waals surface area contributed by atoms with Crippen molar-refractivity contribution in [3.8, 4) is 0 Å². The van der Waals surface area contributed by atoms with E-state index in [1.54, 1.807) is 12.4 Å². The summed E-state index contributed by atoms with van der Waals surface area (Å²) in [5.41, 5.74) is 4.35. The summed E-state index contributed by atoms with van der Waals surface area (Å²) in [5.74, 6) is 6.07. The second-order valence-electron chi connectivity index (χ2n) is 3.18. The van der Waals surface area contributed by atoms with Gasteiger partial charge in [-0.25, -0.2) is 10.8 Å². The summed E-state index contributed by atoms with van der Waals surface area (Å²) in [6, 6.07) is 13.3. The lowest BCUT2D eigenvalue weighted by Crippen LogP contribution is -2.30. The van der Waals surface area contributed by atoms with Crippen LogP contribution in [0.1, 0.15) is 5.56 Å². The molecule has 0 aliphatic carbocycles. The van der Waals surface area contributed by atoms with Crippen LogP contribution in [0.15, 0.2) is 59.9 Å². The number of amidine groups is 1. The molecule has 0 saturated carbocycles. The number of hydrazine groups is 1. The zero-order chi connectivity index (χ0) is 11.2. The van der Waals surface area contributed by atoms with Crippen molar-refractivity contribution in [2.45, 2.75) is 0 Å². The molecule has 0 atom stereocenters. The molecule has 0 saturated heterocycles. The zero-order valence-corrected chi connectivity index (χ0v) is 8.67. The van der Waals surface area contributed by atoms with Crippen LogP contribution >= 0.6 is 0 Å². The van der Waals surface area contributed by atoms with Crippen molar-refractivity contribution in [1.29, 1.82) is 0 Å². The van der Waals surface area contributed by atoms with Gasteiger partial charge in [-0.05, 0) is 24.3 Å². The van der Waals surface area contributed by atoms with Crippen molar-refractivity contribution in [3.05, 3.63) is 60.4 Å². The molecule has 0 aliphatic heterocycles. The summed E-state index contributed by atoms with van der Waals surface area (Å²) in [5, 5.41) is 0. The topological polar surface area (TPSA) is 63.3 Å². The van der Waals surface area contributed by atoms with Crippen molar-refractivity contribution < 1.29 is 0 Å². The van der Waals surface area contributed by atoms with Crippen LogP contribution < -0.4 is 11.3 Å². The van der Waals surface area contributed by atoms with Gasteiger partial charge >= 0.3 is 0 Å². The van der Waals surface area contributed by atoms with E-state index in [-0.39, 0.29) is 0 Å². The smallest absolute Gasteiger partial charge is 0.148 e. The Morgan fingerprint density at radius 1 is 1.06 bits per heavy atom. The number of pyridine rings is 1. The molecule has 2 aromatic rings. The van der Waals surface area contributed by atoms with E-state index in [1.165, 1.54) is 0 Å². The Morgan fingerprint density at radius 3 is 2.38 bits per heavy atom.